The second kappa shape index (κ2) is 13.2. The van der Waals surface area contributed by atoms with Crippen LogP contribution in [0.3, 0.4) is 0 Å². The maximum atomic E-state index is 12.4. The number of nitrogens with one attached hydrogen (secondary N) is 2. The van der Waals surface area contributed by atoms with E-state index in [0.29, 0.717) is 30.0 Å². The first-order chi connectivity index (χ1) is 21.6. The van der Waals surface area contributed by atoms with Crippen molar-refractivity contribution < 1.29 is 19.4 Å². The Morgan fingerprint density at radius 3 is 2.13 bits per heavy atom. The van der Waals surface area contributed by atoms with Gasteiger partial charge in [-0.3, -0.25) is 4.90 Å². The van der Waals surface area contributed by atoms with Gasteiger partial charge in [-0.2, -0.15) is 0 Å². The summed E-state index contributed by atoms with van der Waals surface area (Å²) < 4.78 is 13.5. The van der Waals surface area contributed by atoms with Crippen molar-refractivity contribution in [2.45, 2.75) is 91.2 Å². The lowest BCUT2D eigenvalue weighted by Gasteiger charge is -2.43. The van der Waals surface area contributed by atoms with Crippen LogP contribution in [0.2, 0.25) is 0 Å². The molecule has 3 aromatic carbocycles. The number of hydrogen-bond acceptors (Lipinski definition) is 5. The first-order valence-corrected chi connectivity index (χ1v) is 16.5. The van der Waals surface area contributed by atoms with Gasteiger partial charge in [0.1, 0.15) is 0 Å². The summed E-state index contributed by atoms with van der Waals surface area (Å²) in [5, 5.41) is 15.5. The molecule has 3 aromatic rings. The Morgan fingerprint density at radius 2 is 1.47 bits per heavy atom. The predicted octanol–water partition coefficient (Wildman–Crippen LogP) is 6.87. The average molecular weight is 612 g/mol. The molecule has 2 heterocycles. The van der Waals surface area contributed by atoms with E-state index in [-0.39, 0.29) is 30.8 Å². The number of urea groups is 1. The molecular formula is C38H49N3O4. The standard InChI is InChI=1S/C38H49N3O4/c1-26-33(22-41-25-38(4)19-32(41)18-37(2,3)24-38)44-35(45-34(26)30-14-12-29(23-42)13-15-30)31-16-10-28(11-17-31)21-40-36(43)39-20-27-8-6-5-7-9-27/h5-17,26,32-35,42H,18-25H2,1-4H3,(H2,39,40,43)/t26-,32?,33+,34+,35+,38?/m1/s1. The molecule has 6 atom stereocenters. The van der Waals surface area contributed by atoms with Crippen molar-refractivity contribution in [2.24, 2.45) is 16.7 Å². The van der Waals surface area contributed by atoms with Gasteiger partial charge in [0.15, 0.2) is 6.29 Å². The Labute approximate surface area is 268 Å². The number of carbonyl (C=O) groups excluding carboxylic acids is 1. The number of hydrogen-bond donors (Lipinski definition) is 3. The molecule has 2 saturated heterocycles. The SMILES string of the molecule is C[C@@H]1[C@H](CN2CC3(C)CC2CC(C)(C)C3)O[C@H](c2ccc(CNC(=O)NCc3ccccc3)cc2)O[C@@H]1c1ccc(CO)cc1. The third-order valence-electron chi connectivity index (χ3n) is 10.1. The highest BCUT2D eigenvalue weighted by Gasteiger charge is 2.51. The van der Waals surface area contributed by atoms with Gasteiger partial charge in [-0.25, -0.2) is 4.79 Å². The molecule has 0 radical (unpaired) electrons. The zero-order valence-electron chi connectivity index (χ0n) is 27.2. The molecule has 2 bridgehead atoms. The molecule has 3 N–H and O–H groups in total. The van der Waals surface area contributed by atoms with Crippen LogP contribution in [0.5, 0.6) is 0 Å². The lowest BCUT2D eigenvalue weighted by molar-refractivity contribution is -0.276. The van der Waals surface area contributed by atoms with Crippen LogP contribution in [0, 0.1) is 16.7 Å². The van der Waals surface area contributed by atoms with E-state index in [1.165, 1.54) is 19.3 Å². The number of amides is 2. The minimum atomic E-state index is -0.501. The monoisotopic (exact) mass is 611 g/mol. The first kappa shape index (κ1) is 31.7. The average Bonchev–Trinajstić information content (AvgIpc) is 3.27. The molecule has 3 aliphatic rings. The van der Waals surface area contributed by atoms with E-state index >= 15 is 0 Å². The van der Waals surface area contributed by atoms with Crippen molar-refractivity contribution in [1.82, 2.24) is 15.5 Å². The van der Waals surface area contributed by atoms with Gasteiger partial charge < -0.3 is 25.2 Å². The number of ether oxygens (including phenoxy) is 2. The van der Waals surface area contributed by atoms with Crippen LogP contribution in [0.25, 0.3) is 0 Å². The number of likely N-dealkylation sites (tertiary alicyclic amines) is 1. The van der Waals surface area contributed by atoms with Gasteiger partial charge in [0.05, 0.1) is 18.8 Å². The van der Waals surface area contributed by atoms with Gasteiger partial charge in [-0.1, -0.05) is 107 Å². The van der Waals surface area contributed by atoms with Gasteiger partial charge in [0.25, 0.3) is 0 Å². The van der Waals surface area contributed by atoms with E-state index in [0.717, 1.165) is 40.9 Å². The fraction of sp³-hybridized carbons (Fsp3) is 0.500. The van der Waals surface area contributed by atoms with Gasteiger partial charge >= 0.3 is 6.03 Å². The highest BCUT2D eigenvalue weighted by Crippen LogP contribution is 2.53. The molecular weight excluding hydrogens is 562 g/mol. The van der Waals surface area contributed by atoms with Crippen LogP contribution >= 0.6 is 0 Å². The third kappa shape index (κ3) is 7.60. The lowest BCUT2D eigenvalue weighted by Crippen LogP contribution is -2.46. The zero-order chi connectivity index (χ0) is 31.6. The van der Waals surface area contributed by atoms with Crippen LogP contribution in [0.15, 0.2) is 78.9 Å². The van der Waals surface area contributed by atoms with E-state index in [1.54, 1.807) is 0 Å². The molecule has 6 rings (SSSR count). The number of nitrogens with zero attached hydrogens (tertiary/aromatic N) is 1. The van der Waals surface area contributed by atoms with E-state index in [1.807, 2.05) is 54.6 Å². The Bertz CT molecular complexity index is 1430. The number of fused-ring (bicyclic) bond motifs is 2. The quantitative estimate of drug-likeness (QED) is 0.246. The van der Waals surface area contributed by atoms with Crippen LogP contribution < -0.4 is 10.6 Å². The summed E-state index contributed by atoms with van der Waals surface area (Å²) in [6.07, 6.45) is 3.14. The molecule has 3 fully saturated rings. The van der Waals surface area contributed by atoms with Crippen molar-refractivity contribution >= 4 is 6.03 Å². The number of carbonyl (C=O) groups is 1. The van der Waals surface area contributed by atoms with Crippen molar-refractivity contribution in [2.75, 3.05) is 13.1 Å². The minimum absolute atomic E-state index is 0.00647. The Morgan fingerprint density at radius 1 is 0.844 bits per heavy atom. The highest BCUT2D eigenvalue weighted by molar-refractivity contribution is 5.73. The van der Waals surface area contributed by atoms with Gasteiger partial charge in [0.2, 0.25) is 0 Å². The number of benzene rings is 3. The molecule has 2 aliphatic heterocycles. The summed E-state index contributed by atoms with van der Waals surface area (Å²) in [4.78, 5) is 15.1. The van der Waals surface area contributed by atoms with Crippen LogP contribution in [-0.4, -0.2) is 41.3 Å². The van der Waals surface area contributed by atoms with Gasteiger partial charge in [-0.15, -0.1) is 0 Å². The van der Waals surface area contributed by atoms with Crippen molar-refractivity contribution in [3.8, 4) is 0 Å². The number of rotatable bonds is 9. The van der Waals surface area contributed by atoms with E-state index in [9.17, 15) is 9.90 Å². The number of aliphatic hydroxyl groups excluding tert-OH is 1. The fourth-order valence-corrected chi connectivity index (χ4v) is 8.17. The predicted molar refractivity (Wildman–Crippen MR) is 176 cm³/mol. The Hall–Kier alpha value is -3.23. The molecule has 7 nitrogen and oxygen atoms in total. The zero-order valence-corrected chi connectivity index (χ0v) is 27.2. The van der Waals surface area contributed by atoms with Crippen LogP contribution in [0.1, 0.15) is 87.2 Å². The normalized spacial score (nSPS) is 29.3. The molecule has 0 spiro atoms. The molecule has 240 valence electrons. The molecule has 0 aromatic heterocycles. The van der Waals surface area contributed by atoms with Gasteiger partial charge in [0, 0.05) is 43.7 Å². The minimum Gasteiger partial charge on any atom is -0.392 e. The smallest absolute Gasteiger partial charge is 0.315 e. The molecule has 1 saturated carbocycles. The maximum Gasteiger partial charge on any atom is 0.315 e. The van der Waals surface area contributed by atoms with Crippen molar-refractivity contribution in [3.63, 3.8) is 0 Å². The molecule has 7 heteroatoms. The second-order valence-corrected chi connectivity index (χ2v) is 14.7. The summed E-state index contributed by atoms with van der Waals surface area (Å²) in [7, 11) is 0. The Kier molecular flexibility index (Phi) is 9.34. The second-order valence-electron chi connectivity index (χ2n) is 14.7. The largest absolute Gasteiger partial charge is 0.392 e. The first-order valence-electron chi connectivity index (χ1n) is 16.5. The molecule has 2 amide bonds. The van der Waals surface area contributed by atoms with E-state index in [2.05, 4.69) is 67.5 Å². The van der Waals surface area contributed by atoms with E-state index in [4.69, 9.17) is 9.47 Å². The van der Waals surface area contributed by atoms with Crippen molar-refractivity contribution in [1.29, 1.82) is 0 Å². The molecule has 45 heavy (non-hydrogen) atoms. The lowest BCUT2D eigenvalue weighted by atomic mass is 9.65. The fourth-order valence-electron chi connectivity index (χ4n) is 8.17. The number of aliphatic hydroxyl groups is 1. The van der Waals surface area contributed by atoms with Crippen LogP contribution in [0.4, 0.5) is 4.79 Å². The maximum absolute atomic E-state index is 12.4. The summed E-state index contributed by atoms with van der Waals surface area (Å²) in [6, 6.07) is 26.6. The molecule has 2 unspecified atom stereocenters. The van der Waals surface area contributed by atoms with E-state index < -0.39 is 6.29 Å². The summed E-state index contributed by atoms with van der Waals surface area (Å²) in [5.74, 6) is 0.153. The van der Waals surface area contributed by atoms with Crippen molar-refractivity contribution in [3.05, 3.63) is 107 Å². The van der Waals surface area contributed by atoms with Crippen LogP contribution in [-0.2, 0) is 29.2 Å². The summed E-state index contributed by atoms with van der Waals surface area (Å²) >= 11 is 0. The summed E-state index contributed by atoms with van der Waals surface area (Å²) in [6.45, 7) is 12.5. The Balaban J connectivity index is 1.14. The third-order valence-corrected chi connectivity index (χ3v) is 10.1. The van der Waals surface area contributed by atoms with Gasteiger partial charge in [-0.05, 0) is 52.3 Å². The molecule has 1 aliphatic carbocycles. The topological polar surface area (TPSA) is 83.1 Å². The highest BCUT2D eigenvalue weighted by atomic mass is 16.7. The summed E-state index contributed by atoms with van der Waals surface area (Å²) in [5.41, 5.74) is 5.76.